The standard InChI is InChI=1S/C13H16ClN3O2S/c1-6(2)9-10(14)16-13(19)17(12(9)18)8(4)11-15-7(3)5-20-11/h5-6,8H,1-4H3,(H,16,19). The Kier molecular flexibility index (Phi) is 4.15. The van der Waals surface area contributed by atoms with Gasteiger partial charge in [-0.3, -0.25) is 14.3 Å². The highest BCUT2D eigenvalue weighted by molar-refractivity contribution is 7.09. The molecule has 0 spiro atoms. The Morgan fingerprint density at radius 1 is 1.35 bits per heavy atom. The van der Waals surface area contributed by atoms with Crippen molar-refractivity contribution in [3.8, 4) is 0 Å². The van der Waals surface area contributed by atoms with Gasteiger partial charge in [-0.15, -0.1) is 11.3 Å². The van der Waals surface area contributed by atoms with Crippen molar-refractivity contribution < 1.29 is 0 Å². The predicted octanol–water partition coefficient (Wildman–Crippen LogP) is 2.69. The second-order valence-corrected chi connectivity index (χ2v) is 6.26. The molecule has 0 aromatic carbocycles. The molecule has 2 aromatic heterocycles. The molecule has 2 rings (SSSR count). The van der Waals surface area contributed by atoms with Crippen LogP contribution in [0.4, 0.5) is 0 Å². The molecule has 0 aliphatic heterocycles. The van der Waals surface area contributed by atoms with Crippen LogP contribution < -0.4 is 11.2 Å². The molecule has 0 bridgehead atoms. The van der Waals surface area contributed by atoms with E-state index in [-0.39, 0.29) is 16.6 Å². The first-order valence-corrected chi connectivity index (χ1v) is 7.55. The van der Waals surface area contributed by atoms with E-state index in [9.17, 15) is 9.59 Å². The maximum absolute atomic E-state index is 12.5. The lowest BCUT2D eigenvalue weighted by molar-refractivity contribution is 0.563. The third kappa shape index (κ3) is 2.58. The topological polar surface area (TPSA) is 67.8 Å². The summed E-state index contributed by atoms with van der Waals surface area (Å²) in [4.78, 5) is 31.4. The first-order valence-electron chi connectivity index (χ1n) is 6.29. The molecule has 0 aliphatic rings. The third-order valence-electron chi connectivity index (χ3n) is 3.08. The lowest BCUT2D eigenvalue weighted by Gasteiger charge is -2.15. The van der Waals surface area contributed by atoms with Gasteiger partial charge in [0.2, 0.25) is 0 Å². The molecule has 5 nitrogen and oxygen atoms in total. The van der Waals surface area contributed by atoms with Crippen LogP contribution >= 0.6 is 22.9 Å². The first-order chi connectivity index (χ1) is 9.32. The maximum atomic E-state index is 12.5. The van der Waals surface area contributed by atoms with Crippen molar-refractivity contribution in [2.45, 2.75) is 39.7 Å². The van der Waals surface area contributed by atoms with Crippen LogP contribution in [0.3, 0.4) is 0 Å². The summed E-state index contributed by atoms with van der Waals surface area (Å²) in [6.45, 7) is 7.39. The summed E-state index contributed by atoms with van der Waals surface area (Å²) in [6.07, 6.45) is 0. The molecule has 0 saturated carbocycles. The van der Waals surface area contributed by atoms with Gasteiger partial charge in [-0.2, -0.15) is 0 Å². The van der Waals surface area contributed by atoms with Crippen molar-refractivity contribution in [2.75, 3.05) is 0 Å². The van der Waals surface area contributed by atoms with Crippen LogP contribution in [-0.4, -0.2) is 14.5 Å². The number of hydrogen-bond acceptors (Lipinski definition) is 4. The average Bonchev–Trinajstić information content (AvgIpc) is 2.74. The number of hydrogen-bond donors (Lipinski definition) is 1. The number of aryl methyl sites for hydroxylation is 1. The van der Waals surface area contributed by atoms with E-state index in [4.69, 9.17) is 11.6 Å². The van der Waals surface area contributed by atoms with Crippen LogP contribution in [0.15, 0.2) is 15.0 Å². The van der Waals surface area contributed by atoms with Crippen molar-refractivity contribution in [1.29, 1.82) is 0 Å². The number of H-pyrrole nitrogens is 1. The minimum atomic E-state index is -0.509. The number of aromatic nitrogens is 3. The van der Waals surface area contributed by atoms with Crippen molar-refractivity contribution >= 4 is 22.9 Å². The van der Waals surface area contributed by atoms with Gasteiger partial charge in [-0.1, -0.05) is 25.4 Å². The second kappa shape index (κ2) is 5.54. The van der Waals surface area contributed by atoms with Gasteiger partial charge in [-0.05, 0) is 19.8 Å². The number of nitrogens with zero attached hydrogens (tertiary/aromatic N) is 2. The molecule has 0 radical (unpaired) electrons. The zero-order chi connectivity index (χ0) is 15.0. The molecule has 0 saturated heterocycles. The normalized spacial score (nSPS) is 12.9. The number of thiazole rings is 1. The van der Waals surface area contributed by atoms with E-state index >= 15 is 0 Å². The van der Waals surface area contributed by atoms with E-state index in [1.807, 2.05) is 26.2 Å². The highest BCUT2D eigenvalue weighted by Crippen LogP contribution is 2.21. The number of aromatic amines is 1. The summed E-state index contributed by atoms with van der Waals surface area (Å²) in [5.74, 6) is -0.0664. The van der Waals surface area contributed by atoms with E-state index in [2.05, 4.69) is 9.97 Å². The molecular weight excluding hydrogens is 298 g/mol. The lowest BCUT2D eigenvalue weighted by atomic mass is 10.1. The van der Waals surface area contributed by atoms with E-state index < -0.39 is 11.7 Å². The van der Waals surface area contributed by atoms with E-state index in [0.717, 1.165) is 10.7 Å². The lowest BCUT2D eigenvalue weighted by Crippen LogP contribution is -2.40. The predicted molar refractivity (Wildman–Crippen MR) is 81.1 cm³/mol. The SMILES string of the molecule is Cc1csc(C(C)n2c(=O)[nH]c(Cl)c(C(C)C)c2=O)n1. The Balaban J connectivity index is 2.66. The summed E-state index contributed by atoms with van der Waals surface area (Å²) in [6, 6.07) is -0.417. The summed E-state index contributed by atoms with van der Waals surface area (Å²) >= 11 is 7.41. The van der Waals surface area contributed by atoms with Gasteiger partial charge in [0.25, 0.3) is 5.56 Å². The molecule has 0 fully saturated rings. The first kappa shape index (κ1) is 15.0. The van der Waals surface area contributed by atoms with Crippen LogP contribution in [0.1, 0.15) is 49.0 Å². The minimum absolute atomic E-state index is 0.0664. The maximum Gasteiger partial charge on any atom is 0.330 e. The van der Waals surface area contributed by atoms with Crippen molar-refractivity contribution in [3.63, 3.8) is 0 Å². The summed E-state index contributed by atoms with van der Waals surface area (Å²) in [5, 5.41) is 2.74. The third-order valence-corrected chi connectivity index (χ3v) is 4.51. The minimum Gasteiger partial charge on any atom is -0.297 e. The average molecular weight is 314 g/mol. The smallest absolute Gasteiger partial charge is 0.297 e. The Morgan fingerprint density at radius 2 is 2.00 bits per heavy atom. The van der Waals surface area contributed by atoms with Gasteiger partial charge in [0.05, 0.1) is 11.6 Å². The molecule has 7 heteroatoms. The van der Waals surface area contributed by atoms with Gasteiger partial charge in [0.15, 0.2) is 0 Å². The molecule has 2 aromatic rings. The Bertz CT molecular complexity index is 745. The molecule has 20 heavy (non-hydrogen) atoms. The molecule has 2 heterocycles. The molecule has 0 aliphatic carbocycles. The van der Waals surface area contributed by atoms with E-state index in [1.54, 1.807) is 6.92 Å². The van der Waals surface area contributed by atoms with Crippen molar-refractivity contribution in [1.82, 2.24) is 14.5 Å². The summed E-state index contributed by atoms with van der Waals surface area (Å²) in [7, 11) is 0. The van der Waals surface area contributed by atoms with Crippen LogP contribution in [0.2, 0.25) is 5.15 Å². The van der Waals surface area contributed by atoms with Gasteiger partial charge >= 0.3 is 5.69 Å². The van der Waals surface area contributed by atoms with Gasteiger partial charge in [-0.25, -0.2) is 9.78 Å². The van der Waals surface area contributed by atoms with Crippen LogP contribution in [0.25, 0.3) is 0 Å². The van der Waals surface area contributed by atoms with E-state index in [1.165, 1.54) is 15.9 Å². The van der Waals surface area contributed by atoms with Crippen LogP contribution in [-0.2, 0) is 0 Å². The van der Waals surface area contributed by atoms with Crippen LogP contribution in [0.5, 0.6) is 0 Å². The summed E-state index contributed by atoms with van der Waals surface area (Å²) < 4.78 is 1.18. The highest BCUT2D eigenvalue weighted by atomic mass is 35.5. The van der Waals surface area contributed by atoms with Gasteiger partial charge in [0.1, 0.15) is 10.2 Å². The Morgan fingerprint density at radius 3 is 2.50 bits per heavy atom. The Hall–Kier alpha value is -1.40. The molecule has 1 N–H and O–H groups in total. The molecule has 1 atom stereocenters. The fraction of sp³-hybridized carbons (Fsp3) is 0.462. The quantitative estimate of drug-likeness (QED) is 0.886. The zero-order valence-electron chi connectivity index (χ0n) is 11.7. The fourth-order valence-corrected chi connectivity index (χ4v) is 3.29. The Labute approximate surface area is 125 Å². The number of halogens is 1. The van der Waals surface area contributed by atoms with Gasteiger partial charge in [0, 0.05) is 11.1 Å². The van der Waals surface area contributed by atoms with E-state index in [0.29, 0.717) is 5.56 Å². The summed E-state index contributed by atoms with van der Waals surface area (Å²) in [5.41, 5.74) is 0.435. The fourth-order valence-electron chi connectivity index (χ4n) is 2.06. The van der Waals surface area contributed by atoms with Crippen molar-refractivity contribution in [3.05, 3.63) is 47.6 Å². The monoisotopic (exact) mass is 313 g/mol. The number of rotatable bonds is 3. The largest absolute Gasteiger partial charge is 0.330 e. The molecule has 108 valence electrons. The van der Waals surface area contributed by atoms with Gasteiger partial charge < -0.3 is 0 Å². The highest BCUT2D eigenvalue weighted by Gasteiger charge is 2.21. The zero-order valence-corrected chi connectivity index (χ0v) is 13.3. The molecule has 1 unspecified atom stereocenters. The molecule has 0 amide bonds. The van der Waals surface area contributed by atoms with Crippen molar-refractivity contribution in [2.24, 2.45) is 0 Å². The van der Waals surface area contributed by atoms with Crippen LogP contribution in [0, 0.1) is 6.92 Å². The second-order valence-electron chi connectivity index (χ2n) is 4.99. The molecular formula is C13H16ClN3O2S. The number of nitrogens with one attached hydrogen (secondary N) is 1.